The number of ether oxygens (including phenoxy) is 3. The van der Waals surface area contributed by atoms with Crippen molar-refractivity contribution in [1.29, 1.82) is 0 Å². The molecule has 0 saturated carbocycles. The molecule has 0 radical (unpaired) electrons. The van der Waals surface area contributed by atoms with Crippen molar-refractivity contribution in [2.45, 2.75) is 25.4 Å². The maximum atomic E-state index is 11.1. The molecule has 1 aliphatic rings. The van der Waals surface area contributed by atoms with E-state index in [2.05, 4.69) is 0 Å². The number of carboxylic acid groups (broad SMARTS) is 1. The van der Waals surface area contributed by atoms with Crippen LogP contribution in [0.3, 0.4) is 0 Å². The Morgan fingerprint density at radius 3 is 2.60 bits per heavy atom. The highest BCUT2D eigenvalue weighted by atomic mass is 16.6. The van der Waals surface area contributed by atoms with Crippen molar-refractivity contribution in [3.63, 3.8) is 0 Å². The molecule has 1 N–H and O–H groups in total. The highest BCUT2D eigenvalue weighted by Crippen LogP contribution is 2.25. The normalized spacial score (nSPS) is 20.1. The fraction of sp³-hybridized carbons (Fsp3) is 0.900. The minimum absolute atomic E-state index is 0.320. The van der Waals surface area contributed by atoms with Crippen LogP contribution in [0, 0.1) is 0 Å². The molecule has 1 rings (SSSR count). The monoisotopic (exact) mass is 218 g/mol. The van der Waals surface area contributed by atoms with Crippen LogP contribution in [0.4, 0.5) is 0 Å². The molecule has 1 fully saturated rings. The Bertz CT molecular complexity index is 198. The van der Waals surface area contributed by atoms with E-state index in [1.165, 1.54) is 0 Å². The summed E-state index contributed by atoms with van der Waals surface area (Å²) in [6.45, 7) is 4.16. The van der Waals surface area contributed by atoms with Gasteiger partial charge in [0.25, 0.3) is 0 Å². The zero-order valence-corrected chi connectivity index (χ0v) is 9.03. The molecule has 0 aromatic rings. The Morgan fingerprint density at radius 1 is 1.40 bits per heavy atom. The van der Waals surface area contributed by atoms with Gasteiger partial charge in [-0.3, -0.25) is 0 Å². The number of hydrogen-bond donors (Lipinski definition) is 1. The molecule has 0 bridgehead atoms. The van der Waals surface area contributed by atoms with Crippen LogP contribution in [-0.2, 0) is 19.0 Å². The second-order valence-corrected chi connectivity index (χ2v) is 3.46. The second-order valence-electron chi connectivity index (χ2n) is 3.46. The molecule has 0 aromatic carbocycles. The van der Waals surface area contributed by atoms with E-state index in [1.54, 1.807) is 0 Å². The minimum Gasteiger partial charge on any atom is -0.479 e. The number of carboxylic acids is 1. The number of hydrogen-bond acceptors (Lipinski definition) is 4. The average Bonchev–Trinajstić information content (AvgIpc) is 2.26. The van der Waals surface area contributed by atoms with Gasteiger partial charge in [0.05, 0.1) is 13.2 Å². The van der Waals surface area contributed by atoms with Gasteiger partial charge < -0.3 is 19.3 Å². The van der Waals surface area contributed by atoms with Gasteiger partial charge >= 0.3 is 5.97 Å². The van der Waals surface area contributed by atoms with Crippen LogP contribution in [-0.4, -0.2) is 49.7 Å². The van der Waals surface area contributed by atoms with Crippen molar-refractivity contribution in [2.24, 2.45) is 0 Å². The van der Waals surface area contributed by atoms with Crippen molar-refractivity contribution in [3.05, 3.63) is 0 Å². The molecule has 5 heteroatoms. The lowest BCUT2D eigenvalue weighted by atomic mass is 9.94. The lowest BCUT2D eigenvalue weighted by molar-refractivity contribution is -0.180. The van der Waals surface area contributed by atoms with E-state index in [0.717, 1.165) is 0 Å². The third-order valence-electron chi connectivity index (χ3n) is 2.50. The molecule has 88 valence electrons. The second kappa shape index (κ2) is 6.05. The van der Waals surface area contributed by atoms with Crippen molar-refractivity contribution in [3.8, 4) is 0 Å². The third kappa shape index (κ3) is 3.44. The maximum absolute atomic E-state index is 11.1. The molecule has 0 aliphatic carbocycles. The van der Waals surface area contributed by atoms with E-state index >= 15 is 0 Å². The Balaban J connectivity index is 2.39. The largest absolute Gasteiger partial charge is 0.479 e. The fourth-order valence-corrected chi connectivity index (χ4v) is 1.56. The highest BCUT2D eigenvalue weighted by molar-refractivity contribution is 5.77. The Morgan fingerprint density at radius 2 is 2.07 bits per heavy atom. The molecule has 1 saturated heterocycles. The molecule has 0 spiro atoms. The van der Waals surface area contributed by atoms with Crippen LogP contribution in [0.15, 0.2) is 0 Å². The summed E-state index contributed by atoms with van der Waals surface area (Å²) in [5.74, 6) is -0.901. The first-order chi connectivity index (χ1) is 7.21. The molecule has 15 heavy (non-hydrogen) atoms. The van der Waals surface area contributed by atoms with Crippen LogP contribution < -0.4 is 0 Å². The molecule has 1 aliphatic heterocycles. The Kier molecular flexibility index (Phi) is 5.01. The molecule has 0 aromatic heterocycles. The molecular weight excluding hydrogens is 200 g/mol. The quantitative estimate of drug-likeness (QED) is 0.664. The van der Waals surface area contributed by atoms with E-state index in [4.69, 9.17) is 19.3 Å². The standard InChI is InChI=1S/C10H18O5/c1-2-13-7-8-15-10(9(11)12)3-5-14-6-4-10/h2-8H2,1H3,(H,11,12). The Labute approximate surface area is 89.3 Å². The van der Waals surface area contributed by atoms with E-state index in [9.17, 15) is 4.79 Å². The highest BCUT2D eigenvalue weighted by Gasteiger charge is 2.41. The molecule has 0 unspecified atom stereocenters. The maximum Gasteiger partial charge on any atom is 0.336 e. The van der Waals surface area contributed by atoms with Gasteiger partial charge in [-0.25, -0.2) is 4.79 Å². The van der Waals surface area contributed by atoms with Gasteiger partial charge in [0.2, 0.25) is 0 Å². The predicted octanol–water partition coefficient (Wildman–Crippen LogP) is 0.673. The summed E-state index contributed by atoms with van der Waals surface area (Å²) in [6.07, 6.45) is 0.822. The zero-order valence-electron chi connectivity index (χ0n) is 9.03. The van der Waals surface area contributed by atoms with Crippen molar-refractivity contribution < 1.29 is 24.1 Å². The van der Waals surface area contributed by atoms with E-state index < -0.39 is 11.6 Å². The number of aliphatic carboxylic acids is 1. The third-order valence-corrected chi connectivity index (χ3v) is 2.50. The van der Waals surface area contributed by atoms with Crippen molar-refractivity contribution in [1.82, 2.24) is 0 Å². The predicted molar refractivity (Wildman–Crippen MR) is 52.9 cm³/mol. The van der Waals surface area contributed by atoms with Gasteiger partial charge in [-0.05, 0) is 6.92 Å². The first-order valence-corrected chi connectivity index (χ1v) is 5.24. The van der Waals surface area contributed by atoms with Gasteiger partial charge in [0, 0.05) is 32.7 Å². The molecule has 0 atom stereocenters. The SMILES string of the molecule is CCOCCOC1(C(=O)O)CCOCC1. The van der Waals surface area contributed by atoms with Gasteiger partial charge in [0.15, 0.2) is 5.60 Å². The summed E-state index contributed by atoms with van der Waals surface area (Å²) < 4.78 is 15.7. The summed E-state index contributed by atoms with van der Waals surface area (Å²) in [4.78, 5) is 11.1. The number of carbonyl (C=O) groups is 1. The zero-order chi connectivity index (χ0) is 11.1. The Hall–Kier alpha value is -0.650. The van der Waals surface area contributed by atoms with Crippen molar-refractivity contribution >= 4 is 5.97 Å². The molecule has 1 heterocycles. The van der Waals surface area contributed by atoms with E-state index in [-0.39, 0.29) is 0 Å². The van der Waals surface area contributed by atoms with Crippen LogP contribution in [0.5, 0.6) is 0 Å². The summed E-state index contributed by atoms with van der Waals surface area (Å²) in [5, 5.41) is 9.12. The van der Waals surface area contributed by atoms with Gasteiger partial charge in [0.1, 0.15) is 0 Å². The summed E-state index contributed by atoms with van der Waals surface area (Å²) in [7, 11) is 0. The van der Waals surface area contributed by atoms with Crippen LogP contribution >= 0.6 is 0 Å². The van der Waals surface area contributed by atoms with Crippen LogP contribution in [0.1, 0.15) is 19.8 Å². The minimum atomic E-state index is -1.06. The number of rotatable bonds is 6. The van der Waals surface area contributed by atoms with E-state index in [0.29, 0.717) is 45.9 Å². The van der Waals surface area contributed by atoms with Crippen molar-refractivity contribution in [2.75, 3.05) is 33.0 Å². The lowest BCUT2D eigenvalue weighted by Gasteiger charge is -2.32. The van der Waals surface area contributed by atoms with Crippen LogP contribution in [0.25, 0.3) is 0 Å². The van der Waals surface area contributed by atoms with E-state index in [1.807, 2.05) is 6.92 Å². The van der Waals surface area contributed by atoms with Gasteiger partial charge in [-0.2, -0.15) is 0 Å². The average molecular weight is 218 g/mol. The van der Waals surface area contributed by atoms with Gasteiger partial charge in [-0.1, -0.05) is 0 Å². The molecule has 5 nitrogen and oxygen atoms in total. The lowest BCUT2D eigenvalue weighted by Crippen LogP contribution is -2.47. The van der Waals surface area contributed by atoms with Gasteiger partial charge in [-0.15, -0.1) is 0 Å². The first-order valence-electron chi connectivity index (χ1n) is 5.24. The summed E-state index contributed by atoms with van der Waals surface area (Å²) in [5.41, 5.74) is -1.06. The first kappa shape index (κ1) is 12.4. The fourth-order valence-electron chi connectivity index (χ4n) is 1.56. The molecular formula is C10H18O5. The topological polar surface area (TPSA) is 65.0 Å². The summed E-state index contributed by atoms with van der Waals surface area (Å²) in [6, 6.07) is 0. The smallest absolute Gasteiger partial charge is 0.336 e. The van der Waals surface area contributed by atoms with Crippen LogP contribution in [0.2, 0.25) is 0 Å². The molecule has 0 amide bonds. The summed E-state index contributed by atoms with van der Waals surface area (Å²) >= 11 is 0.